The lowest BCUT2D eigenvalue weighted by Crippen LogP contribution is -2.35. The Balaban J connectivity index is 2.04. The molecule has 1 fully saturated rings. The van der Waals surface area contributed by atoms with Crippen LogP contribution in [0.2, 0.25) is 0 Å². The summed E-state index contributed by atoms with van der Waals surface area (Å²) in [5, 5.41) is 4.96. The first kappa shape index (κ1) is 20.4. The van der Waals surface area contributed by atoms with E-state index in [1.165, 1.54) is 12.8 Å². The van der Waals surface area contributed by atoms with Gasteiger partial charge in [0.25, 0.3) is 0 Å². The van der Waals surface area contributed by atoms with Gasteiger partial charge in [-0.05, 0) is 36.8 Å². The van der Waals surface area contributed by atoms with E-state index >= 15 is 0 Å². The number of benzene rings is 1. The minimum Gasteiger partial charge on any atom is -0.375 e. The number of amides is 1. The number of hydrogen-bond acceptors (Lipinski definition) is 4. The van der Waals surface area contributed by atoms with Crippen LogP contribution < -0.4 is 4.90 Å². The number of ether oxygens (including phenoxy) is 1. The lowest BCUT2D eigenvalue weighted by molar-refractivity contribution is -0.136. The molecule has 1 aromatic heterocycles. The molecule has 0 aliphatic heterocycles. The Morgan fingerprint density at radius 3 is 2.46 bits per heavy atom. The van der Waals surface area contributed by atoms with Crippen LogP contribution in [0.25, 0.3) is 5.69 Å². The van der Waals surface area contributed by atoms with Crippen molar-refractivity contribution in [3.8, 4) is 5.69 Å². The van der Waals surface area contributed by atoms with Crippen molar-refractivity contribution < 1.29 is 9.53 Å². The zero-order valence-electron chi connectivity index (χ0n) is 17.7. The highest BCUT2D eigenvalue weighted by Gasteiger charge is 2.30. The monoisotopic (exact) mass is 384 g/mol. The zero-order chi connectivity index (χ0) is 20.3. The summed E-state index contributed by atoms with van der Waals surface area (Å²) in [5.41, 5.74) is 3.18. The fraction of sp³-hybridized carbons (Fsp3) is 0.545. The van der Waals surface area contributed by atoms with Crippen LogP contribution in [0.1, 0.15) is 43.9 Å². The summed E-state index contributed by atoms with van der Waals surface area (Å²) >= 11 is 0. The number of hydrogen-bond donors (Lipinski definition) is 0. The minimum atomic E-state index is 0.0428. The van der Waals surface area contributed by atoms with E-state index in [0.29, 0.717) is 12.5 Å². The average molecular weight is 385 g/mol. The standard InChI is InChI=1S/C22H32N4O2/c1-16(2)21-19(14-25(13-17-11-12-17)20(27)15-28-5)22(24(3)4)26(23-21)18-9-7-6-8-10-18/h6-10,16-17H,11-15H2,1-5H3. The molecule has 0 bridgehead atoms. The van der Waals surface area contributed by atoms with Gasteiger partial charge in [-0.25, -0.2) is 4.68 Å². The molecule has 6 nitrogen and oxygen atoms in total. The third-order valence-corrected chi connectivity index (χ3v) is 5.10. The summed E-state index contributed by atoms with van der Waals surface area (Å²) in [6.07, 6.45) is 2.41. The molecular weight excluding hydrogens is 352 g/mol. The van der Waals surface area contributed by atoms with Crippen molar-refractivity contribution in [2.75, 3.05) is 39.3 Å². The Labute approximate surface area is 168 Å². The number of aromatic nitrogens is 2. The van der Waals surface area contributed by atoms with Gasteiger partial charge in [0.15, 0.2) is 0 Å². The summed E-state index contributed by atoms with van der Waals surface area (Å²) in [6, 6.07) is 10.2. The number of methoxy groups -OCH3 is 1. The maximum absolute atomic E-state index is 12.7. The highest BCUT2D eigenvalue weighted by Crippen LogP contribution is 2.34. The van der Waals surface area contributed by atoms with Gasteiger partial charge in [0.05, 0.1) is 17.9 Å². The Bertz CT molecular complexity index is 794. The number of carbonyl (C=O) groups is 1. The maximum Gasteiger partial charge on any atom is 0.248 e. The lowest BCUT2D eigenvalue weighted by Gasteiger charge is -2.25. The topological polar surface area (TPSA) is 50.6 Å². The van der Waals surface area contributed by atoms with Gasteiger partial charge in [-0.15, -0.1) is 0 Å². The van der Waals surface area contributed by atoms with E-state index in [4.69, 9.17) is 9.84 Å². The number of nitrogens with zero attached hydrogens (tertiary/aromatic N) is 4. The molecule has 1 aliphatic rings. The van der Waals surface area contributed by atoms with Gasteiger partial charge in [-0.1, -0.05) is 32.0 Å². The number of rotatable bonds is 9. The molecule has 1 aliphatic carbocycles. The number of carbonyl (C=O) groups excluding carboxylic acids is 1. The largest absolute Gasteiger partial charge is 0.375 e. The van der Waals surface area contributed by atoms with Gasteiger partial charge in [0.1, 0.15) is 12.4 Å². The van der Waals surface area contributed by atoms with Crippen molar-refractivity contribution in [1.29, 1.82) is 0 Å². The van der Waals surface area contributed by atoms with Gasteiger partial charge in [-0.3, -0.25) is 4.79 Å². The molecule has 0 saturated heterocycles. The van der Waals surface area contributed by atoms with Gasteiger partial charge in [0, 0.05) is 33.3 Å². The molecule has 1 saturated carbocycles. The molecule has 0 atom stereocenters. The van der Waals surface area contributed by atoms with Crippen LogP contribution >= 0.6 is 0 Å². The van der Waals surface area contributed by atoms with Crippen LogP contribution in [0.3, 0.4) is 0 Å². The van der Waals surface area contributed by atoms with Crippen molar-refractivity contribution in [1.82, 2.24) is 14.7 Å². The van der Waals surface area contributed by atoms with Crippen LogP contribution in [-0.2, 0) is 16.1 Å². The summed E-state index contributed by atoms with van der Waals surface area (Å²) in [6.45, 7) is 5.79. The molecule has 0 radical (unpaired) electrons. The van der Waals surface area contributed by atoms with Crippen molar-refractivity contribution in [3.63, 3.8) is 0 Å². The summed E-state index contributed by atoms with van der Waals surface area (Å²) in [4.78, 5) is 16.8. The smallest absolute Gasteiger partial charge is 0.248 e. The Morgan fingerprint density at radius 2 is 1.93 bits per heavy atom. The fourth-order valence-electron chi connectivity index (χ4n) is 3.55. The van der Waals surface area contributed by atoms with E-state index < -0.39 is 0 Å². The Kier molecular flexibility index (Phi) is 6.39. The molecule has 3 rings (SSSR count). The first-order valence-electron chi connectivity index (χ1n) is 10.0. The second kappa shape index (κ2) is 8.78. The normalized spacial score (nSPS) is 13.8. The third kappa shape index (κ3) is 4.55. The van der Waals surface area contributed by atoms with E-state index in [2.05, 4.69) is 30.9 Å². The third-order valence-electron chi connectivity index (χ3n) is 5.10. The molecule has 1 aromatic carbocycles. The van der Waals surface area contributed by atoms with Gasteiger partial charge in [-0.2, -0.15) is 5.10 Å². The van der Waals surface area contributed by atoms with E-state index in [1.54, 1.807) is 7.11 Å². The molecule has 28 heavy (non-hydrogen) atoms. The SMILES string of the molecule is COCC(=O)N(Cc1c(C(C)C)nn(-c2ccccc2)c1N(C)C)CC1CC1. The first-order chi connectivity index (χ1) is 13.4. The molecule has 6 heteroatoms. The highest BCUT2D eigenvalue weighted by atomic mass is 16.5. The second-order valence-corrected chi connectivity index (χ2v) is 8.13. The van der Waals surface area contributed by atoms with Crippen molar-refractivity contribution in [3.05, 3.63) is 41.6 Å². The molecular formula is C22H32N4O2. The summed E-state index contributed by atoms with van der Waals surface area (Å²) < 4.78 is 7.13. The Morgan fingerprint density at radius 1 is 1.25 bits per heavy atom. The molecule has 152 valence electrons. The molecule has 1 heterocycles. The molecule has 0 unspecified atom stereocenters. The molecule has 1 amide bonds. The zero-order valence-corrected chi connectivity index (χ0v) is 17.7. The second-order valence-electron chi connectivity index (χ2n) is 8.13. The first-order valence-corrected chi connectivity index (χ1v) is 10.0. The van der Waals surface area contributed by atoms with E-state index in [-0.39, 0.29) is 18.4 Å². The predicted molar refractivity (Wildman–Crippen MR) is 112 cm³/mol. The summed E-state index contributed by atoms with van der Waals surface area (Å²) in [7, 11) is 5.64. The molecule has 0 N–H and O–H groups in total. The van der Waals surface area contributed by atoms with E-state index in [9.17, 15) is 4.79 Å². The van der Waals surface area contributed by atoms with Gasteiger partial charge < -0.3 is 14.5 Å². The number of anilines is 1. The quantitative estimate of drug-likeness (QED) is 0.664. The van der Waals surface area contributed by atoms with Crippen LogP contribution in [-0.4, -0.2) is 54.9 Å². The average Bonchev–Trinajstić information content (AvgIpc) is 3.39. The molecule has 0 spiro atoms. The van der Waals surface area contributed by atoms with Gasteiger partial charge in [0.2, 0.25) is 5.91 Å². The van der Waals surface area contributed by atoms with Crippen LogP contribution in [0.15, 0.2) is 30.3 Å². The lowest BCUT2D eigenvalue weighted by atomic mass is 10.0. The molecule has 2 aromatic rings. The van der Waals surface area contributed by atoms with Crippen LogP contribution in [0.5, 0.6) is 0 Å². The Hall–Kier alpha value is -2.34. The van der Waals surface area contributed by atoms with Crippen molar-refractivity contribution >= 4 is 11.7 Å². The van der Waals surface area contributed by atoms with E-state index in [1.807, 2.05) is 41.9 Å². The number of para-hydroxylation sites is 1. The minimum absolute atomic E-state index is 0.0428. The highest BCUT2D eigenvalue weighted by molar-refractivity contribution is 5.77. The van der Waals surface area contributed by atoms with Crippen molar-refractivity contribution in [2.45, 2.75) is 39.2 Å². The predicted octanol–water partition coefficient (Wildman–Crippen LogP) is 3.45. The van der Waals surface area contributed by atoms with Crippen LogP contribution in [0.4, 0.5) is 5.82 Å². The fourth-order valence-corrected chi connectivity index (χ4v) is 3.55. The van der Waals surface area contributed by atoms with Crippen molar-refractivity contribution in [2.24, 2.45) is 5.92 Å². The van der Waals surface area contributed by atoms with E-state index in [0.717, 1.165) is 29.3 Å². The maximum atomic E-state index is 12.7. The summed E-state index contributed by atoms with van der Waals surface area (Å²) in [5.74, 6) is 1.96. The van der Waals surface area contributed by atoms with Crippen LogP contribution in [0, 0.1) is 5.92 Å². The van der Waals surface area contributed by atoms with Gasteiger partial charge >= 0.3 is 0 Å².